The molecule has 0 amide bonds. The Balaban J connectivity index is 2.54. The van der Waals surface area contributed by atoms with E-state index >= 15 is 0 Å². The molecule has 0 aliphatic heterocycles. The minimum Gasteiger partial charge on any atom is -0.420 e. The maximum atomic E-state index is 13.1. The van der Waals surface area contributed by atoms with Crippen LogP contribution in [0.3, 0.4) is 0 Å². The molecule has 23 heavy (non-hydrogen) atoms. The van der Waals surface area contributed by atoms with E-state index in [1.807, 2.05) is 0 Å². The van der Waals surface area contributed by atoms with E-state index in [0.29, 0.717) is 5.56 Å². The molecule has 0 saturated heterocycles. The summed E-state index contributed by atoms with van der Waals surface area (Å²) in [7, 11) is -0.119. The lowest BCUT2D eigenvalue weighted by Crippen LogP contribution is -2.20. The van der Waals surface area contributed by atoms with E-state index in [0.717, 1.165) is 0 Å². The van der Waals surface area contributed by atoms with Crippen LogP contribution in [0.1, 0.15) is 13.8 Å². The third-order valence-electron chi connectivity index (χ3n) is 2.95. The number of oxazole rings is 1. The number of hydrogen-bond donors (Lipinski definition) is 0. The van der Waals surface area contributed by atoms with Gasteiger partial charge >= 0.3 is 7.60 Å². The van der Waals surface area contributed by atoms with Gasteiger partial charge in [-0.15, -0.1) is 0 Å². The van der Waals surface area contributed by atoms with Crippen LogP contribution in [-0.4, -0.2) is 32.3 Å². The van der Waals surface area contributed by atoms with Crippen LogP contribution in [0.2, 0.25) is 0 Å². The van der Waals surface area contributed by atoms with Gasteiger partial charge in [0.15, 0.2) is 0 Å². The van der Waals surface area contributed by atoms with Crippen LogP contribution in [0.5, 0.6) is 0 Å². The minimum atomic E-state index is -3.59. The molecule has 1 heterocycles. The monoisotopic (exact) mass is 342 g/mol. The molecule has 0 unspecified atom stereocenters. The second-order valence-electron chi connectivity index (χ2n) is 4.88. The van der Waals surface area contributed by atoms with Crippen molar-refractivity contribution in [2.24, 2.45) is 0 Å². The summed E-state index contributed by atoms with van der Waals surface area (Å²) in [5.74, 6) is 0.153. The fourth-order valence-electron chi connectivity index (χ4n) is 1.99. The first-order chi connectivity index (χ1) is 10.9. The van der Waals surface area contributed by atoms with Crippen molar-refractivity contribution in [1.82, 2.24) is 4.98 Å². The van der Waals surface area contributed by atoms with E-state index in [4.69, 9.17) is 13.5 Å². The normalized spacial score (nSPS) is 11.7. The zero-order valence-electron chi connectivity index (χ0n) is 13.6. The van der Waals surface area contributed by atoms with Crippen molar-refractivity contribution in [2.75, 3.05) is 32.2 Å². The van der Waals surface area contributed by atoms with Gasteiger partial charge < -0.3 is 18.4 Å². The average Bonchev–Trinajstić information content (AvgIpc) is 2.94. The molecule has 0 saturated carbocycles. The Morgan fingerprint density at radius 3 is 2.22 bits per heavy atom. The lowest BCUT2D eigenvalue weighted by molar-refractivity contribution is 0.229. The van der Waals surface area contributed by atoms with Crippen molar-refractivity contribution in [3.05, 3.63) is 30.1 Å². The quantitative estimate of drug-likeness (QED) is 0.718. The van der Waals surface area contributed by atoms with Gasteiger partial charge in [-0.1, -0.05) is 0 Å². The fraction of sp³-hybridized carbons (Fsp3) is 0.400. The number of benzene rings is 1. The first-order valence-corrected chi connectivity index (χ1v) is 8.79. The summed E-state index contributed by atoms with van der Waals surface area (Å²) in [6, 6.07) is 5.69. The topological polar surface area (TPSA) is 64.8 Å². The van der Waals surface area contributed by atoms with E-state index in [2.05, 4.69) is 4.98 Å². The molecule has 0 atom stereocenters. The molecule has 1 aromatic carbocycles. The van der Waals surface area contributed by atoms with Crippen LogP contribution in [0.4, 0.5) is 10.3 Å². The Hall–Kier alpha value is -1.69. The van der Waals surface area contributed by atoms with E-state index in [-0.39, 0.29) is 36.2 Å². The molecular weight excluding hydrogens is 322 g/mol. The van der Waals surface area contributed by atoms with E-state index in [1.165, 1.54) is 24.3 Å². The molecule has 0 N–H and O–H groups in total. The van der Waals surface area contributed by atoms with Crippen LogP contribution in [0, 0.1) is 5.82 Å². The van der Waals surface area contributed by atoms with Gasteiger partial charge in [0, 0.05) is 19.7 Å². The van der Waals surface area contributed by atoms with E-state index in [9.17, 15) is 8.96 Å². The molecule has 8 heteroatoms. The van der Waals surface area contributed by atoms with Crippen LogP contribution >= 0.6 is 7.60 Å². The highest BCUT2D eigenvalue weighted by molar-refractivity contribution is 7.62. The van der Waals surface area contributed by atoms with Crippen LogP contribution < -0.4 is 10.3 Å². The predicted octanol–water partition coefficient (Wildman–Crippen LogP) is 3.44. The van der Waals surface area contributed by atoms with E-state index < -0.39 is 7.60 Å². The Labute approximate surface area is 134 Å². The number of nitrogens with zero attached hydrogens (tertiary/aromatic N) is 2. The summed E-state index contributed by atoms with van der Waals surface area (Å²) < 4.78 is 42.4. The van der Waals surface area contributed by atoms with Gasteiger partial charge in [0.1, 0.15) is 5.82 Å². The third-order valence-corrected chi connectivity index (χ3v) is 4.95. The molecular formula is C15H20FN2O4P. The maximum absolute atomic E-state index is 13.1. The summed E-state index contributed by atoms with van der Waals surface area (Å²) >= 11 is 0. The SMILES string of the molecule is CCOP(=O)(OCC)c1nc(-c2ccc(F)cc2)oc1N(C)C. The lowest BCUT2D eigenvalue weighted by atomic mass is 10.2. The summed E-state index contributed by atoms with van der Waals surface area (Å²) in [5.41, 5.74) is 0.686. The Morgan fingerprint density at radius 2 is 1.74 bits per heavy atom. The van der Waals surface area contributed by atoms with Gasteiger partial charge in [0.05, 0.1) is 13.2 Å². The number of aromatic nitrogens is 1. The fourth-order valence-corrected chi connectivity index (χ4v) is 3.68. The zero-order chi connectivity index (χ0) is 17.0. The molecule has 0 spiro atoms. The highest BCUT2D eigenvalue weighted by atomic mass is 31.2. The highest BCUT2D eigenvalue weighted by Crippen LogP contribution is 2.49. The van der Waals surface area contributed by atoms with Crippen molar-refractivity contribution < 1.29 is 22.4 Å². The van der Waals surface area contributed by atoms with Crippen LogP contribution in [0.15, 0.2) is 28.7 Å². The highest BCUT2D eigenvalue weighted by Gasteiger charge is 2.36. The molecule has 0 aliphatic carbocycles. The largest absolute Gasteiger partial charge is 0.420 e. The van der Waals surface area contributed by atoms with E-state index in [1.54, 1.807) is 32.8 Å². The Kier molecular flexibility index (Phi) is 5.57. The molecule has 1 aromatic heterocycles. The molecule has 126 valence electrons. The molecule has 2 rings (SSSR count). The van der Waals surface area contributed by atoms with Gasteiger partial charge in [-0.3, -0.25) is 4.57 Å². The van der Waals surface area contributed by atoms with Gasteiger partial charge in [-0.05, 0) is 38.1 Å². The van der Waals surface area contributed by atoms with Crippen molar-refractivity contribution in [2.45, 2.75) is 13.8 Å². The van der Waals surface area contributed by atoms with Crippen molar-refractivity contribution in [3.8, 4) is 11.5 Å². The third kappa shape index (κ3) is 3.80. The van der Waals surface area contributed by atoms with Crippen molar-refractivity contribution in [1.29, 1.82) is 0 Å². The second-order valence-corrected chi connectivity index (χ2v) is 6.82. The van der Waals surface area contributed by atoms with Gasteiger partial charge in [-0.25, -0.2) is 4.39 Å². The minimum absolute atomic E-state index is 0.116. The number of anilines is 1. The van der Waals surface area contributed by atoms with Crippen molar-refractivity contribution >= 4 is 18.9 Å². The lowest BCUT2D eigenvalue weighted by Gasteiger charge is -2.17. The number of rotatable bonds is 7. The summed E-state index contributed by atoms with van der Waals surface area (Å²) in [6.45, 7) is 3.87. The summed E-state index contributed by atoms with van der Waals surface area (Å²) in [6.07, 6.45) is 0. The smallest absolute Gasteiger partial charge is 0.385 e. The Morgan fingerprint density at radius 1 is 1.17 bits per heavy atom. The molecule has 0 fully saturated rings. The molecule has 0 aliphatic rings. The van der Waals surface area contributed by atoms with Crippen LogP contribution in [0.25, 0.3) is 11.5 Å². The second kappa shape index (κ2) is 7.25. The average molecular weight is 342 g/mol. The van der Waals surface area contributed by atoms with Crippen LogP contribution in [-0.2, 0) is 13.6 Å². The van der Waals surface area contributed by atoms with Gasteiger partial charge in [-0.2, -0.15) is 4.98 Å². The zero-order valence-corrected chi connectivity index (χ0v) is 14.5. The Bertz CT molecular complexity index is 690. The summed E-state index contributed by atoms with van der Waals surface area (Å²) in [4.78, 5) is 5.94. The van der Waals surface area contributed by atoms with Gasteiger partial charge in [0.2, 0.25) is 17.2 Å². The first kappa shape index (κ1) is 17.7. The predicted molar refractivity (Wildman–Crippen MR) is 86.7 cm³/mol. The number of hydrogen-bond acceptors (Lipinski definition) is 6. The first-order valence-electron chi connectivity index (χ1n) is 7.25. The van der Waals surface area contributed by atoms with Crippen molar-refractivity contribution in [3.63, 3.8) is 0 Å². The maximum Gasteiger partial charge on any atom is 0.385 e. The molecule has 2 aromatic rings. The molecule has 0 bridgehead atoms. The number of halogens is 1. The summed E-state index contributed by atoms with van der Waals surface area (Å²) in [5, 5.41) is 0. The van der Waals surface area contributed by atoms with Gasteiger partial charge in [0.25, 0.3) is 0 Å². The standard InChI is InChI=1S/C15H20FN2O4P/c1-5-20-23(19,21-6-2)14-15(18(3)4)22-13(17-14)11-7-9-12(16)10-8-11/h7-10H,5-6H2,1-4H3. The molecule has 6 nitrogen and oxygen atoms in total. The molecule has 0 radical (unpaired) electrons.